The largest absolute Gasteiger partial charge is 0.494 e. The van der Waals surface area contributed by atoms with Crippen molar-refractivity contribution in [1.82, 2.24) is 0 Å². The number of rotatable bonds is 5. The highest BCUT2D eigenvalue weighted by Crippen LogP contribution is 2.22. The molecule has 0 fully saturated rings. The van der Waals surface area contributed by atoms with Crippen LogP contribution < -0.4 is 4.74 Å². The molecule has 0 spiro atoms. The van der Waals surface area contributed by atoms with Gasteiger partial charge in [-0.2, -0.15) is 5.26 Å². The minimum absolute atomic E-state index is 0.634. The Kier molecular flexibility index (Phi) is 5.59. The minimum Gasteiger partial charge on any atom is -0.494 e. The first-order valence-corrected chi connectivity index (χ1v) is 7.63. The molecule has 0 saturated carbocycles. The van der Waals surface area contributed by atoms with Gasteiger partial charge in [0, 0.05) is 4.47 Å². The second-order valence-electron chi connectivity index (χ2n) is 4.60. The SMILES string of the molecule is CCCOc1cccc(/C=C(\C#N)c2ccc(Br)cc2)c1. The van der Waals surface area contributed by atoms with E-state index in [0.29, 0.717) is 12.2 Å². The molecule has 0 aliphatic rings. The number of hydrogen-bond donors (Lipinski definition) is 0. The zero-order valence-electron chi connectivity index (χ0n) is 11.8. The molecule has 0 unspecified atom stereocenters. The van der Waals surface area contributed by atoms with Crippen LogP contribution in [-0.4, -0.2) is 6.61 Å². The molecule has 0 N–H and O–H groups in total. The van der Waals surface area contributed by atoms with E-state index in [9.17, 15) is 5.26 Å². The van der Waals surface area contributed by atoms with Gasteiger partial charge in [0.2, 0.25) is 0 Å². The van der Waals surface area contributed by atoms with Crippen LogP contribution in [0.4, 0.5) is 0 Å². The smallest absolute Gasteiger partial charge is 0.119 e. The number of nitriles is 1. The fourth-order valence-electron chi connectivity index (χ4n) is 1.89. The molecule has 0 bridgehead atoms. The van der Waals surface area contributed by atoms with Crippen LogP contribution in [0, 0.1) is 11.3 Å². The third kappa shape index (κ3) is 4.47. The average Bonchev–Trinajstić information content (AvgIpc) is 2.52. The molecular weight excluding hydrogens is 326 g/mol. The van der Waals surface area contributed by atoms with Gasteiger partial charge in [-0.25, -0.2) is 0 Å². The van der Waals surface area contributed by atoms with E-state index in [1.165, 1.54) is 0 Å². The number of hydrogen-bond acceptors (Lipinski definition) is 2. The second kappa shape index (κ2) is 7.66. The van der Waals surface area contributed by atoms with E-state index in [0.717, 1.165) is 27.8 Å². The maximum atomic E-state index is 9.36. The molecule has 3 heteroatoms. The van der Waals surface area contributed by atoms with Crippen LogP contribution in [0.2, 0.25) is 0 Å². The lowest BCUT2D eigenvalue weighted by molar-refractivity contribution is 0.317. The minimum atomic E-state index is 0.634. The van der Waals surface area contributed by atoms with E-state index in [1.807, 2.05) is 54.6 Å². The van der Waals surface area contributed by atoms with E-state index in [-0.39, 0.29) is 0 Å². The second-order valence-corrected chi connectivity index (χ2v) is 5.51. The zero-order valence-corrected chi connectivity index (χ0v) is 13.4. The number of halogens is 1. The molecule has 0 aromatic heterocycles. The van der Waals surface area contributed by atoms with Gasteiger partial charge in [0.1, 0.15) is 5.75 Å². The van der Waals surface area contributed by atoms with Crippen molar-refractivity contribution in [3.8, 4) is 11.8 Å². The Morgan fingerprint density at radius 1 is 1.24 bits per heavy atom. The van der Waals surface area contributed by atoms with Gasteiger partial charge in [0.15, 0.2) is 0 Å². The fraction of sp³-hybridized carbons (Fsp3) is 0.167. The highest BCUT2D eigenvalue weighted by atomic mass is 79.9. The van der Waals surface area contributed by atoms with Gasteiger partial charge in [-0.15, -0.1) is 0 Å². The van der Waals surface area contributed by atoms with E-state index < -0.39 is 0 Å². The third-order valence-electron chi connectivity index (χ3n) is 2.92. The summed E-state index contributed by atoms with van der Waals surface area (Å²) in [5, 5.41) is 9.36. The summed E-state index contributed by atoms with van der Waals surface area (Å²) in [6.45, 7) is 2.77. The molecule has 0 heterocycles. The Morgan fingerprint density at radius 2 is 2.00 bits per heavy atom. The van der Waals surface area contributed by atoms with Crippen molar-refractivity contribution >= 4 is 27.6 Å². The van der Waals surface area contributed by atoms with E-state index >= 15 is 0 Å². The first kappa shape index (κ1) is 15.3. The van der Waals surface area contributed by atoms with E-state index in [4.69, 9.17) is 4.74 Å². The third-order valence-corrected chi connectivity index (χ3v) is 3.45. The number of benzene rings is 2. The maximum Gasteiger partial charge on any atom is 0.119 e. The summed E-state index contributed by atoms with van der Waals surface area (Å²) in [5.74, 6) is 0.832. The van der Waals surface area contributed by atoms with Gasteiger partial charge in [0.25, 0.3) is 0 Å². The van der Waals surface area contributed by atoms with Crippen molar-refractivity contribution in [2.45, 2.75) is 13.3 Å². The van der Waals surface area contributed by atoms with Crippen LogP contribution in [0.3, 0.4) is 0 Å². The Bertz CT molecular complexity index is 668. The quantitative estimate of drug-likeness (QED) is 0.545. The summed E-state index contributed by atoms with van der Waals surface area (Å²) in [6, 6.07) is 17.8. The number of allylic oxidation sites excluding steroid dienone is 1. The van der Waals surface area contributed by atoms with Crippen molar-refractivity contribution < 1.29 is 4.74 Å². The lowest BCUT2D eigenvalue weighted by Crippen LogP contribution is -1.94. The first-order chi connectivity index (χ1) is 10.2. The summed E-state index contributed by atoms with van der Waals surface area (Å²) in [6.07, 6.45) is 2.85. The Morgan fingerprint density at radius 3 is 2.67 bits per heavy atom. The van der Waals surface area contributed by atoms with Crippen LogP contribution in [0.1, 0.15) is 24.5 Å². The van der Waals surface area contributed by atoms with Crippen LogP contribution in [0.5, 0.6) is 5.75 Å². The maximum absolute atomic E-state index is 9.36. The average molecular weight is 342 g/mol. The monoisotopic (exact) mass is 341 g/mol. The molecule has 2 aromatic carbocycles. The summed E-state index contributed by atoms with van der Waals surface area (Å²) >= 11 is 3.40. The lowest BCUT2D eigenvalue weighted by Gasteiger charge is -2.05. The Labute approximate surface area is 133 Å². The summed E-state index contributed by atoms with van der Waals surface area (Å²) in [5.41, 5.74) is 2.50. The number of nitrogens with zero attached hydrogens (tertiary/aromatic N) is 1. The van der Waals surface area contributed by atoms with Crippen LogP contribution in [0.25, 0.3) is 11.6 Å². The molecule has 0 aliphatic heterocycles. The van der Waals surface area contributed by atoms with Gasteiger partial charge in [0.05, 0.1) is 18.2 Å². The van der Waals surface area contributed by atoms with Crippen molar-refractivity contribution in [3.05, 3.63) is 64.1 Å². The van der Waals surface area contributed by atoms with Crippen molar-refractivity contribution in [2.24, 2.45) is 0 Å². The van der Waals surface area contributed by atoms with Gasteiger partial charge in [-0.3, -0.25) is 0 Å². The molecule has 0 amide bonds. The molecule has 0 atom stereocenters. The van der Waals surface area contributed by atoms with Crippen LogP contribution in [-0.2, 0) is 0 Å². The molecular formula is C18H16BrNO. The summed E-state index contributed by atoms with van der Waals surface area (Å²) in [7, 11) is 0. The molecule has 0 aliphatic carbocycles. The number of ether oxygens (including phenoxy) is 1. The first-order valence-electron chi connectivity index (χ1n) is 6.83. The van der Waals surface area contributed by atoms with Crippen LogP contribution in [0.15, 0.2) is 53.0 Å². The van der Waals surface area contributed by atoms with Gasteiger partial charge < -0.3 is 4.74 Å². The summed E-state index contributed by atoms with van der Waals surface area (Å²) in [4.78, 5) is 0. The normalized spacial score (nSPS) is 11.0. The van der Waals surface area contributed by atoms with E-state index in [2.05, 4.69) is 28.9 Å². The molecule has 0 radical (unpaired) electrons. The topological polar surface area (TPSA) is 33.0 Å². The zero-order chi connectivity index (χ0) is 15.1. The predicted octanol–water partition coefficient (Wildman–Crippen LogP) is 5.30. The van der Waals surface area contributed by atoms with Gasteiger partial charge in [-0.05, 0) is 47.9 Å². The predicted molar refractivity (Wildman–Crippen MR) is 89.9 cm³/mol. The Balaban J connectivity index is 2.27. The van der Waals surface area contributed by atoms with Gasteiger partial charge >= 0.3 is 0 Å². The molecule has 2 rings (SSSR count). The standard InChI is InChI=1S/C18H16BrNO/c1-2-10-21-18-5-3-4-14(12-18)11-16(13-20)15-6-8-17(19)9-7-15/h3-9,11-12H,2,10H2,1H3/b16-11+. The highest BCUT2D eigenvalue weighted by molar-refractivity contribution is 9.10. The lowest BCUT2D eigenvalue weighted by atomic mass is 10.0. The Hall–Kier alpha value is -2.05. The molecule has 21 heavy (non-hydrogen) atoms. The molecule has 2 aromatic rings. The molecule has 0 saturated heterocycles. The van der Waals surface area contributed by atoms with E-state index in [1.54, 1.807) is 0 Å². The van der Waals surface area contributed by atoms with Crippen molar-refractivity contribution in [1.29, 1.82) is 5.26 Å². The van der Waals surface area contributed by atoms with Crippen molar-refractivity contribution in [2.75, 3.05) is 6.61 Å². The van der Waals surface area contributed by atoms with Gasteiger partial charge in [-0.1, -0.05) is 47.1 Å². The van der Waals surface area contributed by atoms with Crippen molar-refractivity contribution in [3.63, 3.8) is 0 Å². The molecule has 106 valence electrons. The van der Waals surface area contributed by atoms with Crippen LogP contribution >= 0.6 is 15.9 Å². The fourth-order valence-corrected chi connectivity index (χ4v) is 2.15. The highest BCUT2D eigenvalue weighted by Gasteiger charge is 2.02. The molecule has 2 nitrogen and oxygen atoms in total. The summed E-state index contributed by atoms with van der Waals surface area (Å²) < 4.78 is 6.61.